The Bertz CT molecular complexity index is 377. The molecule has 1 aromatic rings. The fourth-order valence-corrected chi connectivity index (χ4v) is 1.61. The Kier molecular flexibility index (Phi) is 2.71. The number of sulfonamides is 1. The fraction of sp³-hybridized carbons (Fsp3) is 0. The van der Waals surface area contributed by atoms with Crippen LogP contribution >= 0.6 is 12.8 Å². The van der Waals surface area contributed by atoms with Gasteiger partial charge in [0.25, 0.3) is 4.13 Å². The molecule has 0 amide bonds. The SMILES string of the molecule is O=S(=O)([N+]S)c1ccccc1F. The largest absolute Gasteiger partial charge is 0.445 e. The second-order valence-corrected chi connectivity index (χ2v) is 4.03. The van der Waals surface area contributed by atoms with E-state index in [-0.39, 0.29) is 0 Å². The van der Waals surface area contributed by atoms with Gasteiger partial charge in [-0.3, -0.25) is 0 Å². The topological polar surface area (TPSA) is 48.2 Å². The van der Waals surface area contributed by atoms with E-state index in [1.807, 2.05) is 0 Å². The molecule has 0 saturated carbocycles. The van der Waals surface area contributed by atoms with Gasteiger partial charge in [0.05, 0.1) is 0 Å². The monoisotopic (exact) mass is 206 g/mol. The van der Waals surface area contributed by atoms with E-state index < -0.39 is 20.7 Å². The molecule has 1 aromatic carbocycles. The molecule has 0 atom stereocenters. The Hall–Kier alpha value is -0.590. The lowest BCUT2D eigenvalue weighted by atomic mass is 10.4. The molecule has 6 heteroatoms. The number of nitrogens with zero attached hydrogens (tertiary/aromatic N) is 1. The van der Waals surface area contributed by atoms with Crippen LogP contribution in [0.4, 0.5) is 4.39 Å². The maximum Gasteiger partial charge on any atom is 0.445 e. The molecule has 0 N–H and O–H groups in total. The molecule has 1 rings (SSSR count). The van der Waals surface area contributed by atoms with E-state index in [1.165, 1.54) is 12.1 Å². The normalized spacial score (nSPS) is 11.5. The summed E-state index contributed by atoms with van der Waals surface area (Å²) >= 11 is 3.23. The fourth-order valence-electron chi connectivity index (χ4n) is 0.698. The Morgan fingerprint density at radius 3 is 2.42 bits per heavy atom. The van der Waals surface area contributed by atoms with Crippen molar-refractivity contribution in [2.45, 2.75) is 4.90 Å². The van der Waals surface area contributed by atoms with Gasteiger partial charge in [-0.05, 0) is 12.1 Å². The van der Waals surface area contributed by atoms with Gasteiger partial charge in [0, 0.05) is 0 Å². The molecule has 0 spiro atoms. The quantitative estimate of drug-likeness (QED) is 0.733. The summed E-state index contributed by atoms with van der Waals surface area (Å²) in [5.74, 6) is -0.824. The molecule has 0 heterocycles. The first kappa shape index (κ1) is 9.50. The van der Waals surface area contributed by atoms with Gasteiger partial charge in [0.1, 0.15) is 5.82 Å². The standard InChI is InChI=1S/C6H5FNO2S2/c7-5-3-1-2-4-6(5)12(9,10)8-11/h1-4,11H/q+1. The molecule has 0 saturated heterocycles. The van der Waals surface area contributed by atoms with Crippen LogP contribution in [-0.2, 0) is 10.0 Å². The van der Waals surface area contributed by atoms with Crippen LogP contribution in [0.5, 0.6) is 0 Å². The van der Waals surface area contributed by atoms with Crippen molar-refractivity contribution >= 4 is 22.8 Å². The van der Waals surface area contributed by atoms with E-state index in [0.717, 1.165) is 12.1 Å². The van der Waals surface area contributed by atoms with Crippen LogP contribution in [0.1, 0.15) is 0 Å². The third-order valence-electron chi connectivity index (χ3n) is 1.22. The summed E-state index contributed by atoms with van der Waals surface area (Å²) in [6.45, 7) is 0. The minimum atomic E-state index is -3.91. The van der Waals surface area contributed by atoms with E-state index in [4.69, 9.17) is 0 Å². The highest BCUT2D eigenvalue weighted by Crippen LogP contribution is 2.13. The smallest absolute Gasteiger partial charge is 0.205 e. The van der Waals surface area contributed by atoms with Crippen molar-refractivity contribution in [3.63, 3.8) is 0 Å². The number of benzene rings is 1. The molecular formula is C6H5FNO2S2+. The molecule has 0 fully saturated rings. The maximum atomic E-state index is 12.8. The van der Waals surface area contributed by atoms with Crippen LogP contribution in [0.25, 0.3) is 0 Å². The van der Waals surface area contributed by atoms with E-state index >= 15 is 0 Å². The number of hydrogen-bond donors (Lipinski definition) is 1. The van der Waals surface area contributed by atoms with Crippen LogP contribution in [0.3, 0.4) is 0 Å². The summed E-state index contributed by atoms with van der Waals surface area (Å²) in [6.07, 6.45) is 0. The number of thiol groups is 1. The molecule has 0 aromatic heterocycles. The van der Waals surface area contributed by atoms with Crippen molar-refractivity contribution in [1.29, 1.82) is 0 Å². The predicted molar refractivity (Wildman–Crippen MR) is 44.7 cm³/mol. The first-order valence-corrected chi connectivity index (χ1v) is 4.78. The second kappa shape index (κ2) is 3.42. The molecular weight excluding hydrogens is 201 g/mol. The molecule has 2 radical (unpaired) electrons. The van der Waals surface area contributed by atoms with Crippen molar-refractivity contribution in [2.24, 2.45) is 0 Å². The molecule has 0 aliphatic heterocycles. The van der Waals surface area contributed by atoms with Crippen molar-refractivity contribution in [1.82, 2.24) is 4.13 Å². The van der Waals surface area contributed by atoms with Crippen molar-refractivity contribution in [3.8, 4) is 0 Å². The Morgan fingerprint density at radius 2 is 1.92 bits per heavy atom. The lowest BCUT2D eigenvalue weighted by Crippen LogP contribution is -2.09. The minimum absolute atomic E-state index is 0.458. The highest BCUT2D eigenvalue weighted by molar-refractivity contribution is 8.00. The maximum absolute atomic E-state index is 12.8. The summed E-state index contributed by atoms with van der Waals surface area (Å²) in [5.41, 5.74) is 0. The second-order valence-electron chi connectivity index (χ2n) is 1.99. The summed E-state index contributed by atoms with van der Waals surface area (Å²) in [6, 6.07) is 4.98. The van der Waals surface area contributed by atoms with Gasteiger partial charge in [-0.2, -0.15) is 8.42 Å². The van der Waals surface area contributed by atoms with Crippen LogP contribution in [0, 0.1) is 5.82 Å². The first-order chi connectivity index (χ1) is 5.58. The zero-order valence-electron chi connectivity index (χ0n) is 5.81. The summed E-state index contributed by atoms with van der Waals surface area (Å²) < 4.78 is 37.5. The highest BCUT2D eigenvalue weighted by atomic mass is 32.3. The molecule has 12 heavy (non-hydrogen) atoms. The van der Waals surface area contributed by atoms with Crippen molar-refractivity contribution < 1.29 is 12.8 Å². The van der Waals surface area contributed by atoms with Crippen LogP contribution in [0.15, 0.2) is 29.2 Å². The van der Waals surface area contributed by atoms with Gasteiger partial charge in [-0.25, -0.2) is 4.39 Å². The summed E-state index contributed by atoms with van der Waals surface area (Å²) in [5, 5.41) is 0. The highest BCUT2D eigenvalue weighted by Gasteiger charge is 2.29. The van der Waals surface area contributed by atoms with E-state index in [1.54, 1.807) is 0 Å². The van der Waals surface area contributed by atoms with Gasteiger partial charge in [0.2, 0.25) is 12.8 Å². The Morgan fingerprint density at radius 1 is 1.33 bits per heavy atom. The lowest BCUT2D eigenvalue weighted by Gasteiger charge is -1.91. The molecule has 0 bridgehead atoms. The molecule has 0 aliphatic rings. The molecule has 0 aliphatic carbocycles. The van der Waals surface area contributed by atoms with Gasteiger partial charge in [-0.1, -0.05) is 12.1 Å². The first-order valence-electron chi connectivity index (χ1n) is 2.94. The Balaban J connectivity index is 3.30. The van der Waals surface area contributed by atoms with Crippen LogP contribution in [-0.4, -0.2) is 8.42 Å². The summed E-state index contributed by atoms with van der Waals surface area (Å²) in [4.78, 5) is -0.458. The minimum Gasteiger partial charge on any atom is -0.205 e. The predicted octanol–water partition coefficient (Wildman–Crippen LogP) is 0.964. The van der Waals surface area contributed by atoms with Gasteiger partial charge in [0.15, 0.2) is 4.90 Å². The third-order valence-corrected chi connectivity index (χ3v) is 2.97. The van der Waals surface area contributed by atoms with Gasteiger partial charge in [-0.15, -0.1) is 0 Å². The number of hydrogen-bond acceptors (Lipinski definition) is 3. The van der Waals surface area contributed by atoms with Crippen LogP contribution < -0.4 is 4.13 Å². The molecule has 64 valence electrons. The third kappa shape index (κ3) is 1.77. The van der Waals surface area contributed by atoms with Crippen molar-refractivity contribution in [2.75, 3.05) is 0 Å². The zero-order valence-corrected chi connectivity index (χ0v) is 7.52. The average Bonchev–Trinajstić information content (AvgIpc) is 2.05. The average molecular weight is 206 g/mol. The van der Waals surface area contributed by atoms with E-state index in [0.29, 0.717) is 0 Å². The zero-order chi connectivity index (χ0) is 9.19. The Labute approximate surface area is 75.2 Å². The van der Waals surface area contributed by atoms with Gasteiger partial charge >= 0.3 is 10.0 Å². The van der Waals surface area contributed by atoms with E-state index in [2.05, 4.69) is 16.9 Å². The van der Waals surface area contributed by atoms with Crippen LogP contribution in [0.2, 0.25) is 0 Å². The molecule has 0 unspecified atom stereocenters. The van der Waals surface area contributed by atoms with E-state index in [9.17, 15) is 12.8 Å². The summed E-state index contributed by atoms with van der Waals surface area (Å²) in [7, 11) is -3.91. The van der Waals surface area contributed by atoms with Crippen molar-refractivity contribution in [3.05, 3.63) is 30.1 Å². The van der Waals surface area contributed by atoms with Gasteiger partial charge < -0.3 is 0 Å². The number of halogens is 1. The molecule has 3 nitrogen and oxygen atoms in total. The number of rotatable bonds is 2. The lowest BCUT2D eigenvalue weighted by molar-refractivity contribution is 0.565.